The highest BCUT2D eigenvalue weighted by molar-refractivity contribution is 5.92. The van der Waals surface area contributed by atoms with Gasteiger partial charge in [0.1, 0.15) is 5.75 Å². The number of rotatable bonds is 5. The van der Waals surface area contributed by atoms with Crippen molar-refractivity contribution in [3.8, 4) is 5.75 Å². The Labute approximate surface area is 155 Å². The first-order chi connectivity index (χ1) is 12.9. The minimum absolute atomic E-state index is 0.234. The van der Waals surface area contributed by atoms with Gasteiger partial charge in [0.2, 0.25) is 0 Å². The molecule has 1 unspecified atom stereocenters. The molecule has 0 aliphatic carbocycles. The zero-order valence-electron chi connectivity index (χ0n) is 14.6. The summed E-state index contributed by atoms with van der Waals surface area (Å²) in [7, 11) is 0. The molecule has 3 N–H and O–H groups in total. The average Bonchev–Trinajstić information content (AvgIpc) is 3.10. The van der Waals surface area contributed by atoms with Crippen LogP contribution in [0, 0.1) is 5.92 Å². The third-order valence-corrected chi connectivity index (χ3v) is 4.29. The lowest BCUT2D eigenvalue weighted by atomic mass is 10.1. The van der Waals surface area contributed by atoms with Gasteiger partial charge in [-0.25, -0.2) is 0 Å². The average molecular weight is 378 g/mol. The molecule has 144 valence electrons. The number of alkyl halides is 3. The monoisotopic (exact) mass is 378 g/mol. The molecule has 0 bridgehead atoms. The van der Waals surface area contributed by atoms with Crippen molar-refractivity contribution in [2.75, 3.05) is 29.9 Å². The normalized spacial score (nSPS) is 17.8. The summed E-state index contributed by atoms with van der Waals surface area (Å²) >= 11 is 0. The van der Waals surface area contributed by atoms with E-state index in [1.807, 2.05) is 18.2 Å². The second-order valence-corrected chi connectivity index (χ2v) is 6.36. The van der Waals surface area contributed by atoms with Gasteiger partial charge < -0.3 is 20.7 Å². The molecular formula is C19H21F3N4O. The van der Waals surface area contributed by atoms with Crippen molar-refractivity contribution in [1.29, 1.82) is 0 Å². The van der Waals surface area contributed by atoms with Crippen molar-refractivity contribution < 1.29 is 17.9 Å². The predicted molar refractivity (Wildman–Crippen MR) is 100.0 cm³/mol. The number of nitrogens with two attached hydrogens (primary N) is 1. The van der Waals surface area contributed by atoms with Gasteiger partial charge in [0.15, 0.2) is 5.96 Å². The molecular weight excluding hydrogens is 357 g/mol. The van der Waals surface area contributed by atoms with Gasteiger partial charge in [-0.1, -0.05) is 18.2 Å². The van der Waals surface area contributed by atoms with E-state index in [-0.39, 0.29) is 11.7 Å². The fraction of sp³-hybridized carbons (Fsp3) is 0.316. The molecule has 0 radical (unpaired) electrons. The van der Waals surface area contributed by atoms with E-state index in [0.717, 1.165) is 19.5 Å². The van der Waals surface area contributed by atoms with Crippen LogP contribution in [0.25, 0.3) is 0 Å². The van der Waals surface area contributed by atoms with Crippen molar-refractivity contribution in [1.82, 2.24) is 0 Å². The first-order valence-corrected chi connectivity index (χ1v) is 8.62. The van der Waals surface area contributed by atoms with E-state index in [1.54, 1.807) is 0 Å². The standard InChI is InChI=1S/C19H21F3N4O/c20-19(21,22)27-17-8-6-15(7-9-17)25-18(23)24-12-14-10-11-26(13-14)16-4-2-1-3-5-16/h1-9,14H,10-13H2,(H3,23,24,25). The van der Waals surface area contributed by atoms with Gasteiger partial charge in [0, 0.05) is 31.0 Å². The Balaban J connectivity index is 1.48. The second kappa shape index (κ2) is 8.20. The molecule has 2 aromatic rings. The number of ether oxygens (including phenoxy) is 1. The first-order valence-electron chi connectivity index (χ1n) is 8.62. The number of benzene rings is 2. The van der Waals surface area contributed by atoms with Crippen molar-refractivity contribution in [2.45, 2.75) is 12.8 Å². The quantitative estimate of drug-likeness (QED) is 0.613. The summed E-state index contributed by atoms with van der Waals surface area (Å²) in [4.78, 5) is 6.68. The minimum atomic E-state index is -4.70. The third kappa shape index (κ3) is 5.80. The van der Waals surface area contributed by atoms with E-state index in [0.29, 0.717) is 18.2 Å². The molecule has 1 aliphatic heterocycles. The Morgan fingerprint density at radius 1 is 1.15 bits per heavy atom. The summed E-state index contributed by atoms with van der Waals surface area (Å²) < 4.78 is 40.3. The molecule has 5 nitrogen and oxygen atoms in total. The number of aliphatic imine (C=N–C) groups is 1. The van der Waals surface area contributed by atoms with Gasteiger partial charge >= 0.3 is 6.36 Å². The zero-order valence-corrected chi connectivity index (χ0v) is 14.6. The van der Waals surface area contributed by atoms with Crippen LogP contribution in [0.15, 0.2) is 59.6 Å². The highest BCUT2D eigenvalue weighted by Gasteiger charge is 2.31. The van der Waals surface area contributed by atoms with Crippen LogP contribution in [0.5, 0.6) is 5.75 Å². The Kier molecular flexibility index (Phi) is 5.73. The topological polar surface area (TPSA) is 62.9 Å². The van der Waals surface area contributed by atoms with E-state index in [2.05, 4.69) is 32.1 Å². The van der Waals surface area contributed by atoms with Crippen LogP contribution in [-0.2, 0) is 0 Å². The fourth-order valence-electron chi connectivity index (χ4n) is 3.01. The number of nitrogens with one attached hydrogen (secondary N) is 1. The molecule has 1 fully saturated rings. The van der Waals surface area contributed by atoms with E-state index in [9.17, 15) is 13.2 Å². The summed E-state index contributed by atoms with van der Waals surface area (Å²) in [6, 6.07) is 15.6. The molecule has 27 heavy (non-hydrogen) atoms. The molecule has 1 aliphatic rings. The summed E-state index contributed by atoms with van der Waals surface area (Å²) in [5, 5.41) is 2.88. The SMILES string of the molecule is NC(=NCC1CCN(c2ccccc2)C1)Nc1ccc(OC(F)(F)F)cc1. The largest absolute Gasteiger partial charge is 0.573 e. The van der Waals surface area contributed by atoms with Gasteiger partial charge in [-0.15, -0.1) is 13.2 Å². The van der Waals surface area contributed by atoms with Gasteiger partial charge in [0.25, 0.3) is 0 Å². The third-order valence-electron chi connectivity index (χ3n) is 4.29. The molecule has 0 amide bonds. The van der Waals surface area contributed by atoms with Crippen LogP contribution in [0.1, 0.15) is 6.42 Å². The van der Waals surface area contributed by atoms with Crippen LogP contribution in [0.4, 0.5) is 24.5 Å². The maximum Gasteiger partial charge on any atom is 0.573 e. The molecule has 8 heteroatoms. The molecule has 0 spiro atoms. The lowest BCUT2D eigenvalue weighted by Gasteiger charge is -2.18. The van der Waals surface area contributed by atoms with E-state index < -0.39 is 6.36 Å². The molecule has 1 heterocycles. The Hall–Kier alpha value is -2.90. The first kappa shape index (κ1) is 18.9. The number of hydrogen-bond acceptors (Lipinski definition) is 3. The van der Waals surface area contributed by atoms with Gasteiger partial charge in [-0.05, 0) is 48.7 Å². The smallest absolute Gasteiger partial charge is 0.406 e. The number of hydrogen-bond donors (Lipinski definition) is 2. The van der Waals surface area contributed by atoms with Gasteiger partial charge in [0.05, 0.1) is 0 Å². The number of guanidine groups is 1. The van der Waals surface area contributed by atoms with Crippen LogP contribution in [0.2, 0.25) is 0 Å². The lowest BCUT2D eigenvalue weighted by Crippen LogP contribution is -2.25. The molecule has 1 saturated heterocycles. The zero-order chi connectivity index (χ0) is 19.3. The fourth-order valence-corrected chi connectivity index (χ4v) is 3.01. The minimum Gasteiger partial charge on any atom is -0.406 e. The lowest BCUT2D eigenvalue weighted by molar-refractivity contribution is -0.274. The number of anilines is 2. The predicted octanol–water partition coefficient (Wildman–Crippen LogP) is 3.84. The summed E-state index contributed by atoms with van der Waals surface area (Å²) in [6.07, 6.45) is -3.67. The molecule has 0 saturated carbocycles. The highest BCUT2D eigenvalue weighted by atomic mass is 19.4. The Morgan fingerprint density at radius 3 is 2.52 bits per heavy atom. The van der Waals surface area contributed by atoms with E-state index in [4.69, 9.17) is 5.73 Å². The number of halogens is 3. The van der Waals surface area contributed by atoms with Crippen LogP contribution >= 0.6 is 0 Å². The van der Waals surface area contributed by atoms with Crippen molar-refractivity contribution in [3.05, 3.63) is 54.6 Å². The highest BCUT2D eigenvalue weighted by Crippen LogP contribution is 2.25. The van der Waals surface area contributed by atoms with Gasteiger partial charge in [-0.2, -0.15) is 0 Å². The van der Waals surface area contributed by atoms with Crippen molar-refractivity contribution in [2.24, 2.45) is 16.6 Å². The van der Waals surface area contributed by atoms with Crippen molar-refractivity contribution in [3.63, 3.8) is 0 Å². The summed E-state index contributed by atoms with van der Waals surface area (Å²) in [5.74, 6) is 0.362. The number of para-hydroxylation sites is 1. The van der Waals surface area contributed by atoms with Gasteiger partial charge in [-0.3, -0.25) is 4.99 Å². The number of nitrogens with zero attached hydrogens (tertiary/aromatic N) is 2. The Bertz CT molecular complexity index is 763. The van der Waals surface area contributed by atoms with E-state index in [1.165, 1.54) is 30.0 Å². The van der Waals surface area contributed by atoms with Crippen molar-refractivity contribution >= 4 is 17.3 Å². The molecule has 0 aromatic heterocycles. The molecule has 3 rings (SSSR count). The Morgan fingerprint density at radius 2 is 1.85 bits per heavy atom. The molecule has 1 atom stereocenters. The van der Waals surface area contributed by atoms with Crippen LogP contribution in [-0.4, -0.2) is 32.0 Å². The molecule has 2 aromatic carbocycles. The van der Waals surface area contributed by atoms with E-state index >= 15 is 0 Å². The van der Waals surface area contributed by atoms with Crippen LogP contribution < -0.4 is 20.7 Å². The maximum atomic E-state index is 12.2. The summed E-state index contributed by atoms with van der Waals surface area (Å²) in [5.41, 5.74) is 7.63. The maximum absolute atomic E-state index is 12.2. The van der Waals surface area contributed by atoms with Crippen LogP contribution in [0.3, 0.4) is 0 Å². The summed E-state index contributed by atoms with van der Waals surface area (Å²) in [6.45, 7) is 2.50. The second-order valence-electron chi connectivity index (χ2n) is 6.36.